The van der Waals surface area contributed by atoms with Gasteiger partial charge >= 0.3 is 0 Å². The van der Waals surface area contributed by atoms with Crippen LogP contribution in [0.15, 0.2) is 42.7 Å². The number of hydrogen-bond acceptors (Lipinski definition) is 4. The molecule has 1 N–H and O–H groups in total. The van der Waals surface area contributed by atoms with Gasteiger partial charge in [0.1, 0.15) is 11.6 Å². The summed E-state index contributed by atoms with van der Waals surface area (Å²) in [4.78, 5) is 13.9. The molecule has 132 valence electrons. The second kappa shape index (κ2) is 7.01. The van der Waals surface area contributed by atoms with Crippen LogP contribution in [0, 0.1) is 16.4 Å². The first-order valence-corrected chi connectivity index (χ1v) is 8.69. The maximum absolute atomic E-state index is 13.9. The molecule has 0 spiro atoms. The normalized spacial score (nSPS) is 14.2. The van der Waals surface area contributed by atoms with Crippen molar-refractivity contribution in [3.63, 3.8) is 0 Å². The largest absolute Gasteiger partial charge is 0.334 e. The van der Waals surface area contributed by atoms with Gasteiger partial charge in [-0.05, 0) is 36.0 Å². The molecule has 1 aliphatic rings. The smallest absolute Gasteiger partial charge is 0.196 e. The lowest BCUT2D eigenvalue weighted by Crippen LogP contribution is -2.30. The SMILES string of the molecule is Fc1ccc(-c2ccc(CN3CCc4[nH]c(=S)ncc4C3)cn2)c(F)c1. The minimum Gasteiger partial charge on any atom is -0.334 e. The number of H-pyrrole nitrogens is 1. The summed E-state index contributed by atoms with van der Waals surface area (Å²) >= 11 is 5.06. The highest BCUT2D eigenvalue weighted by molar-refractivity contribution is 7.71. The van der Waals surface area contributed by atoms with E-state index in [4.69, 9.17) is 12.2 Å². The van der Waals surface area contributed by atoms with E-state index in [0.717, 1.165) is 48.9 Å². The van der Waals surface area contributed by atoms with Crippen LogP contribution in [0.4, 0.5) is 8.78 Å². The van der Waals surface area contributed by atoms with Crippen LogP contribution in [0.2, 0.25) is 0 Å². The van der Waals surface area contributed by atoms with E-state index in [1.165, 1.54) is 12.1 Å². The van der Waals surface area contributed by atoms with Gasteiger partial charge in [-0.25, -0.2) is 13.8 Å². The number of rotatable bonds is 3. The summed E-state index contributed by atoms with van der Waals surface area (Å²) in [5.41, 5.74) is 4.14. The molecule has 2 aromatic heterocycles. The number of nitrogens with one attached hydrogen (secondary N) is 1. The predicted octanol–water partition coefficient (Wildman–Crippen LogP) is 4.04. The third kappa shape index (κ3) is 3.54. The van der Waals surface area contributed by atoms with Crippen molar-refractivity contribution in [1.29, 1.82) is 0 Å². The predicted molar refractivity (Wildman–Crippen MR) is 96.8 cm³/mol. The van der Waals surface area contributed by atoms with Crippen LogP contribution < -0.4 is 0 Å². The van der Waals surface area contributed by atoms with Gasteiger partial charge in [0.2, 0.25) is 0 Å². The number of hydrogen-bond donors (Lipinski definition) is 1. The zero-order valence-electron chi connectivity index (χ0n) is 13.9. The maximum Gasteiger partial charge on any atom is 0.196 e. The molecular formula is C19H16F2N4S. The van der Waals surface area contributed by atoms with E-state index in [1.807, 2.05) is 12.3 Å². The number of aromatic nitrogens is 3. The minimum absolute atomic E-state index is 0.297. The van der Waals surface area contributed by atoms with Crippen LogP contribution in [0.5, 0.6) is 0 Å². The molecule has 0 saturated heterocycles. The van der Waals surface area contributed by atoms with E-state index in [0.29, 0.717) is 16.0 Å². The third-order valence-corrected chi connectivity index (χ3v) is 4.70. The number of aromatic amines is 1. The highest BCUT2D eigenvalue weighted by Crippen LogP contribution is 2.23. The highest BCUT2D eigenvalue weighted by atomic mass is 32.1. The second-order valence-corrected chi connectivity index (χ2v) is 6.72. The van der Waals surface area contributed by atoms with Crippen molar-refractivity contribution in [2.24, 2.45) is 0 Å². The van der Waals surface area contributed by atoms with Crippen LogP contribution in [-0.2, 0) is 19.5 Å². The molecule has 0 unspecified atom stereocenters. The molecule has 7 heteroatoms. The Bertz CT molecular complexity index is 1000. The van der Waals surface area contributed by atoms with Crippen molar-refractivity contribution in [1.82, 2.24) is 19.9 Å². The fraction of sp³-hybridized carbons (Fsp3) is 0.211. The van der Waals surface area contributed by atoms with E-state index in [2.05, 4.69) is 19.9 Å². The lowest BCUT2D eigenvalue weighted by atomic mass is 10.1. The second-order valence-electron chi connectivity index (χ2n) is 6.33. The Morgan fingerprint density at radius 2 is 2.00 bits per heavy atom. The van der Waals surface area contributed by atoms with E-state index in [-0.39, 0.29) is 0 Å². The van der Waals surface area contributed by atoms with Crippen molar-refractivity contribution in [3.05, 3.63) is 76.0 Å². The van der Waals surface area contributed by atoms with Crippen LogP contribution in [0.3, 0.4) is 0 Å². The van der Waals surface area contributed by atoms with Gasteiger partial charge in [-0.3, -0.25) is 9.88 Å². The molecule has 3 heterocycles. The van der Waals surface area contributed by atoms with Gasteiger partial charge in [0.25, 0.3) is 0 Å². The van der Waals surface area contributed by atoms with E-state index in [9.17, 15) is 8.78 Å². The standard InChI is InChI=1S/C19H16F2N4S/c20-14-2-3-15(16(21)7-14)18-4-1-12(8-22-18)10-25-6-5-17-13(11-25)9-23-19(26)24-17/h1-4,7-9H,5-6,10-11H2,(H,23,24,26). The molecule has 0 fully saturated rings. The monoisotopic (exact) mass is 370 g/mol. The molecule has 4 nitrogen and oxygen atoms in total. The topological polar surface area (TPSA) is 44.8 Å². The molecule has 1 aromatic carbocycles. The van der Waals surface area contributed by atoms with Crippen LogP contribution in [0.25, 0.3) is 11.3 Å². The molecular weight excluding hydrogens is 354 g/mol. The minimum atomic E-state index is -0.609. The van der Waals surface area contributed by atoms with Crippen LogP contribution >= 0.6 is 12.2 Å². The Hall–Kier alpha value is -2.51. The number of pyridine rings is 1. The lowest BCUT2D eigenvalue weighted by molar-refractivity contribution is 0.242. The number of benzene rings is 1. The van der Waals surface area contributed by atoms with E-state index >= 15 is 0 Å². The van der Waals surface area contributed by atoms with Crippen molar-refractivity contribution >= 4 is 12.2 Å². The van der Waals surface area contributed by atoms with Gasteiger partial charge in [-0.2, -0.15) is 0 Å². The number of halogens is 2. The fourth-order valence-electron chi connectivity index (χ4n) is 3.17. The fourth-order valence-corrected chi connectivity index (χ4v) is 3.35. The quantitative estimate of drug-likeness (QED) is 0.707. The first-order chi connectivity index (χ1) is 12.6. The summed E-state index contributed by atoms with van der Waals surface area (Å²) in [7, 11) is 0. The van der Waals surface area contributed by atoms with Crippen LogP contribution in [0.1, 0.15) is 16.8 Å². The summed E-state index contributed by atoms with van der Waals surface area (Å²) in [5.74, 6) is -1.20. The van der Waals surface area contributed by atoms with Crippen molar-refractivity contribution in [2.45, 2.75) is 19.5 Å². The van der Waals surface area contributed by atoms with E-state index in [1.54, 1.807) is 12.3 Å². The molecule has 0 saturated carbocycles. The zero-order chi connectivity index (χ0) is 18.1. The summed E-state index contributed by atoms with van der Waals surface area (Å²) in [6.45, 7) is 2.45. The van der Waals surface area contributed by atoms with Crippen LogP contribution in [-0.4, -0.2) is 26.4 Å². The summed E-state index contributed by atoms with van der Waals surface area (Å²) in [6.07, 6.45) is 4.47. The molecule has 0 radical (unpaired) electrons. The molecule has 0 aliphatic carbocycles. The zero-order valence-corrected chi connectivity index (χ0v) is 14.7. The average Bonchev–Trinajstić information content (AvgIpc) is 2.63. The Labute approximate surface area is 154 Å². The molecule has 0 amide bonds. The Balaban J connectivity index is 1.48. The maximum atomic E-state index is 13.9. The molecule has 0 bridgehead atoms. The highest BCUT2D eigenvalue weighted by Gasteiger charge is 2.17. The van der Waals surface area contributed by atoms with Crippen molar-refractivity contribution in [3.8, 4) is 11.3 Å². The number of nitrogens with zero attached hydrogens (tertiary/aromatic N) is 3. The van der Waals surface area contributed by atoms with Gasteiger partial charge in [-0.1, -0.05) is 6.07 Å². The van der Waals surface area contributed by atoms with Crippen molar-refractivity contribution in [2.75, 3.05) is 6.54 Å². The van der Waals surface area contributed by atoms with Gasteiger partial charge in [-0.15, -0.1) is 0 Å². The Morgan fingerprint density at radius 1 is 1.12 bits per heavy atom. The third-order valence-electron chi connectivity index (χ3n) is 4.49. The average molecular weight is 370 g/mol. The van der Waals surface area contributed by atoms with Gasteiger partial charge in [0.15, 0.2) is 4.77 Å². The molecule has 0 atom stereocenters. The number of fused-ring (bicyclic) bond motifs is 1. The molecule has 3 aromatic rings. The first-order valence-electron chi connectivity index (χ1n) is 8.28. The summed E-state index contributed by atoms with van der Waals surface area (Å²) < 4.78 is 27.4. The van der Waals surface area contributed by atoms with Crippen molar-refractivity contribution < 1.29 is 8.78 Å². The Kier molecular flexibility index (Phi) is 4.57. The van der Waals surface area contributed by atoms with Gasteiger partial charge in [0.05, 0.1) is 5.69 Å². The molecule has 1 aliphatic heterocycles. The van der Waals surface area contributed by atoms with Gasteiger partial charge < -0.3 is 4.98 Å². The van der Waals surface area contributed by atoms with E-state index < -0.39 is 11.6 Å². The summed E-state index contributed by atoms with van der Waals surface area (Å²) in [6, 6.07) is 7.21. The molecule has 26 heavy (non-hydrogen) atoms. The summed E-state index contributed by atoms with van der Waals surface area (Å²) in [5, 5.41) is 0. The molecule has 4 rings (SSSR count). The first kappa shape index (κ1) is 16.9. The Morgan fingerprint density at radius 3 is 2.77 bits per heavy atom. The van der Waals surface area contributed by atoms with Gasteiger partial charge in [0, 0.05) is 61.3 Å². The lowest BCUT2D eigenvalue weighted by Gasteiger charge is -2.28.